The summed E-state index contributed by atoms with van der Waals surface area (Å²) in [6.07, 6.45) is 9.45. The molecule has 0 radical (unpaired) electrons. The molecule has 0 saturated carbocycles. The van der Waals surface area contributed by atoms with Crippen LogP contribution in [0.5, 0.6) is 5.75 Å². The third-order valence-electron chi connectivity index (χ3n) is 4.18. The molecule has 19 heavy (non-hydrogen) atoms. The van der Waals surface area contributed by atoms with Crippen LogP contribution in [-0.2, 0) is 0 Å². The van der Waals surface area contributed by atoms with Crippen molar-refractivity contribution in [3.8, 4) is 5.75 Å². The lowest BCUT2D eigenvalue weighted by Crippen LogP contribution is -2.26. The molecule has 1 aromatic carbocycles. The Morgan fingerprint density at radius 3 is 2.47 bits per heavy atom. The summed E-state index contributed by atoms with van der Waals surface area (Å²) in [4.78, 5) is 0. The van der Waals surface area contributed by atoms with Crippen molar-refractivity contribution in [3.63, 3.8) is 0 Å². The van der Waals surface area contributed by atoms with Gasteiger partial charge in [-0.1, -0.05) is 49.8 Å². The van der Waals surface area contributed by atoms with Crippen molar-refractivity contribution in [2.24, 2.45) is 11.3 Å². The van der Waals surface area contributed by atoms with Crippen molar-refractivity contribution in [2.45, 2.75) is 33.6 Å². The summed E-state index contributed by atoms with van der Waals surface area (Å²) in [7, 11) is 1.70. The second kappa shape index (κ2) is 5.64. The molecular formula is C18H24O. The van der Waals surface area contributed by atoms with Gasteiger partial charge in [0.25, 0.3) is 0 Å². The zero-order valence-corrected chi connectivity index (χ0v) is 12.4. The predicted molar refractivity (Wildman–Crippen MR) is 82.3 cm³/mol. The third-order valence-corrected chi connectivity index (χ3v) is 4.18. The average molecular weight is 256 g/mol. The Morgan fingerprint density at radius 2 is 1.89 bits per heavy atom. The van der Waals surface area contributed by atoms with E-state index in [1.165, 1.54) is 24.0 Å². The van der Waals surface area contributed by atoms with Crippen molar-refractivity contribution in [1.29, 1.82) is 0 Å². The molecule has 0 aromatic heterocycles. The van der Waals surface area contributed by atoms with E-state index in [0.29, 0.717) is 11.3 Å². The second-order valence-corrected chi connectivity index (χ2v) is 6.09. The molecule has 2 rings (SSSR count). The fourth-order valence-corrected chi connectivity index (χ4v) is 2.91. The molecule has 0 N–H and O–H groups in total. The van der Waals surface area contributed by atoms with Crippen LogP contribution in [0.3, 0.4) is 0 Å². The molecule has 0 aliphatic heterocycles. The molecule has 1 nitrogen and oxygen atoms in total. The minimum absolute atomic E-state index is 0.363. The summed E-state index contributed by atoms with van der Waals surface area (Å²) in [6.45, 7) is 6.99. The van der Waals surface area contributed by atoms with E-state index in [-0.39, 0.29) is 0 Å². The number of benzene rings is 1. The molecule has 1 aliphatic rings. The number of hydrogen-bond acceptors (Lipinski definition) is 1. The molecule has 0 saturated heterocycles. The minimum Gasteiger partial charge on any atom is -0.497 e. The molecule has 1 atom stereocenters. The van der Waals surface area contributed by atoms with E-state index in [1.54, 1.807) is 7.11 Å². The van der Waals surface area contributed by atoms with Crippen LogP contribution in [0.4, 0.5) is 0 Å². The van der Waals surface area contributed by atoms with Crippen LogP contribution in [-0.4, -0.2) is 7.11 Å². The largest absolute Gasteiger partial charge is 0.497 e. The molecule has 1 heteroatoms. The molecule has 0 amide bonds. The van der Waals surface area contributed by atoms with E-state index in [2.05, 4.69) is 51.1 Å². The first kappa shape index (κ1) is 13.9. The van der Waals surface area contributed by atoms with Crippen molar-refractivity contribution < 1.29 is 4.74 Å². The van der Waals surface area contributed by atoms with Crippen LogP contribution < -0.4 is 4.74 Å². The average Bonchev–Trinajstić information content (AvgIpc) is 2.38. The molecule has 0 fully saturated rings. The van der Waals surface area contributed by atoms with E-state index >= 15 is 0 Å². The van der Waals surface area contributed by atoms with Gasteiger partial charge in [-0.05, 0) is 42.9 Å². The van der Waals surface area contributed by atoms with Gasteiger partial charge >= 0.3 is 0 Å². The van der Waals surface area contributed by atoms with E-state index in [1.807, 2.05) is 12.1 Å². The van der Waals surface area contributed by atoms with Crippen molar-refractivity contribution in [1.82, 2.24) is 0 Å². The molecule has 0 bridgehead atoms. The predicted octanol–water partition coefficient (Wildman–Crippen LogP) is 5.09. The number of hydrogen-bond donors (Lipinski definition) is 0. The Hall–Kier alpha value is -1.50. The number of rotatable bonds is 3. The van der Waals surface area contributed by atoms with Crippen LogP contribution in [0, 0.1) is 11.3 Å². The van der Waals surface area contributed by atoms with Crippen LogP contribution >= 0.6 is 0 Å². The second-order valence-electron chi connectivity index (χ2n) is 6.09. The third kappa shape index (κ3) is 3.28. The number of ether oxygens (including phenoxy) is 1. The summed E-state index contributed by atoms with van der Waals surface area (Å²) < 4.78 is 5.18. The van der Waals surface area contributed by atoms with E-state index in [4.69, 9.17) is 4.74 Å². The molecule has 102 valence electrons. The van der Waals surface area contributed by atoms with Gasteiger partial charge in [-0.25, -0.2) is 0 Å². The van der Waals surface area contributed by atoms with Crippen LogP contribution in [0.2, 0.25) is 0 Å². The molecule has 0 spiro atoms. The molecule has 0 unspecified atom stereocenters. The molecule has 1 aromatic rings. The molecule has 0 heterocycles. The Morgan fingerprint density at radius 1 is 1.21 bits per heavy atom. The topological polar surface area (TPSA) is 9.23 Å². The fraction of sp³-hybridized carbons (Fsp3) is 0.444. The minimum atomic E-state index is 0.363. The Labute approximate surface area is 117 Å². The summed E-state index contributed by atoms with van der Waals surface area (Å²) in [6, 6.07) is 8.22. The Kier molecular flexibility index (Phi) is 4.14. The Bertz CT molecular complexity index is 477. The van der Waals surface area contributed by atoms with Crippen LogP contribution in [0.1, 0.15) is 39.2 Å². The van der Waals surface area contributed by atoms with Gasteiger partial charge in [0.2, 0.25) is 0 Å². The van der Waals surface area contributed by atoms with Crippen molar-refractivity contribution in [3.05, 3.63) is 47.6 Å². The summed E-state index contributed by atoms with van der Waals surface area (Å²) in [5, 5.41) is 0. The highest BCUT2D eigenvalue weighted by Crippen LogP contribution is 2.41. The summed E-state index contributed by atoms with van der Waals surface area (Å²) >= 11 is 0. The maximum absolute atomic E-state index is 5.18. The van der Waals surface area contributed by atoms with Gasteiger partial charge < -0.3 is 4.74 Å². The van der Waals surface area contributed by atoms with Crippen LogP contribution in [0.25, 0.3) is 6.08 Å². The highest BCUT2D eigenvalue weighted by Gasteiger charge is 2.30. The van der Waals surface area contributed by atoms with Crippen LogP contribution in [0.15, 0.2) is 42.0 Å². The smallest absolute Gasteiger partial charge is 0.118 e. The van der Waals surface area contributed by atoms with Gasteiger partial charge in [0.1, 0.15) is 5.75 Å². The molecule has 1 aliphatic carbocycles. The Balaban J connectivity index is 2.16. The zero-order chi connectivity index (χ0) is 13.9. The number of methoxy groups -OCH3 is 1. The highest BCUT2D eigenvalue weighted by molar-refractivity contribution is 5.51. The van der Waals surface area contributed by atoms with Gasteiger partial charge in [0.05, 0.1) is 7.11 Å². The normalized spacial score (nSPS) is 22.3. The van der Waals surface area contributed by atoms with Crippen molar-refractivity contribution >= 4 is 6.08 Å². The quantitative estimate of drug-likeness (QED) is 0.684. The first-order valence-electron chi connectivity index (χ1n) is 7.02. The highest BCUT2D eigenvalue weighted by atomic mass is 16.5. The zero-order valence-electron chi connectivity index (χ0n) is 12.4. The van der Waals surface area contributed by atoms with Gasteiger partial charge in [-0.15, -0.1) is 0 Å². The van der Waals surface area contributed by atoms with E-state index in [0.717, 1.165) is 5.75 Å². The van der Waals surface area contributed by atoms with Gasteiger partial charge in [-0.3, -0.25) is 0 Å². The maximum Gasteiger partial charge on any atom is 0.118 e. The number of allylic oxidation sites excluding steroid dienone is 3. The maximum atomic E-state index is 5.18. The van der Waals surface area contributed by atoms with E-state index < -0.39 is 0 Å². The van der Waals surface area contributed by atoms with Gasteiger partial charge in [0.15, 0.2) is 0 Å². The van der Waals surface area contributed by atoms with Gasteiger partial charge in [0, 0.05) is 5.92 Å². The summed E-state index contributed by atoms with van der Waals surface area (Å²) in [5.41, 5.74) is 3.10. The molecular weight excluding hydrogens is 232 g/mol. The lowest BCUT2D eigenvalue weighted by molar-refractivity contribution is 0.256. The first-order chi connectivity index (χ1) is 9.03. The lowest BCUT2D eigenvalue weighted by Gasteiger charge is -2.36. The standard InChI is InChI=1S/C18H24O/c1-14-6-5-13-18(2,3)17(14)12-9-15-7-10-16(19-4)11-8-15/h6-12,17H,5,13H2,1-4H3/b12-9+/t17-/m1/s1. The SMILES string of the molecule is COc1ccc(/C=C/[C@@H]2C(C)=CCCC2(C)C)cc1. The summed E-state index contributed by atoms with van der Waals surface area (Å²) in [5.74, 6) is 1.45. The van der Waals surface area contributed by atoms with Crippen molar-refractivity contribution in [2.75, 3.05) is 7.11 Å². The van der Waals surface area contributed by atoms with E-state index in [9.17, 15) is 0 Å². The van der Waals surface area contributed by atoms with Gasteiger partial charge in [-0.2, -0.15) is 0 Å². The monoisotopic (exact) mass is 256 g/mol. The fourth-order valence-electron chi connectivity index (χ4n) is 2.91. The first-order valence-corrected chi connectivity index (χ1v) is 7.02. The lowest BCUT2D eigenvalue weighted by atomic mass is 9.68.